The molecule has 3 rings (SSSR count). The third kappa shape index (κ3) is 4.19. The van der Waals surface area contributed by atoms with E-state index in [0.29, 0.717) is 5.92 Å². The largest absolute Gasteiger partial charge is 0.492 e. The van der Waals surface area contributed by atoms with Crippen molar-refractivity contribution in [2.24, 2.45) is 5.92 Å². The van der Waals surface area contributed by atoms with E-state index in [2.05, 4.69) is 24.0 Å². The maximum Gasteiger partial charge on any atom is 0.160 e. The second-order valence-corrected chi connectivity index (χ2v) is 5.95. The molecule has 0 N–H and O–H groups in total. The molecule has 2 heterocycles. The van der Waals surface area contributed by atoms with Crippen molar-refractivity contribution in [3.63, 3.8) is 0 Å². The molecule has 0 saturated carbocycles. The van der Waals surface area contributed by atoms with Gasteiger partial charge in [0.1, 0.15) is 12.4 Å². The number of aryl methyl sites for hydroxylation is 1. The fourth-order valence-corrected chi connectivity index (χ4v) is 3.02. The molecule has 1 aromatic carbocycles. The monoisotopic (exact) mass is 291 g/mol. The van der Waals surface area contributed by atoms with Gasteiger partial charge in [0, 0.05) is 12.5 Å². The maximum atomic E-state index is 5.80. The lowest BCUT2D eigenvalue weighted by molar-refractivity contribution is -0.0976. The van der Waals surface area contributed by atoms with Crippen LogP contribution in [0, 0.1) is 12.8 Å². The normalized spacial score (nSPS) is 21.8. The molecule has 2 aliphatic heterocycles. The lowest BCUT2D eigenvalue weighted by atomic mass is 9.96. The summed E-state index contributed by atoms with van der Waals surface area (Å²) < 4.78 is 17.0. The average Bonchev–Trinajstić information content (AvgIpc) is 3.04. The number of rotatable bonds is 5. The maximum absolute atomic E-state index is 5.80. The van der Waals surface area contributed by atoms with Crippen LogP contribution in [0.15, 0.2) is 24.3 Å². The fraction of sp³-hybridized carbons (Fsp3) is 0.647. The Morgan fingerprint density at radius 1 is 1.10 bits per heavy atom. The quantitative estimate of drug-likeness (QED) is 0.834. The molecule has 0 aromatic heterocycles. The Morgan fingerprint density at radius 3 is 2.43 bits per heavy atom. The molecule has 0 unspecified atom stereocenters. The SMILES string of the molecule is Cc1ccc(OCCN2CCC(C3OCCO3)CC2)cc1. The summed E-state index contributed by atoms with van der Waals surface area (Å²) in [6.07, 6.45) is 2.38. The zero-order valence-corrected chi connectivity index (χ0v) is 12.8. The number of nitrogens with zero attached hydrogens (tertiary/aromatic N) is 1. The molecule has 2 fully saturated rings. The number of piperidine rings is 1. The minimum atomic E-state index is 0.0518. The van der Waals surface area contributed by atoms with E-state index < -0.39 is 0 Å². The van der Waals surface area contributed by atoms with Crippen molar-refractivity contribution >= 4 is 0 Å². The molecular weight excluding hydrogens is 266 g/mol. The minimum absolute atomic E-state index is 0.0518. The Morgan fingerprint density at radius 2 is 1.76 bits per heavy atom. The van der Waals surface area contributed by atoms with Crippen LogP contribution in [0.4, 0.5) is 0 Å². The number of ether oxygens (including phenoxy) is 3. The zero-order chi connectivity index (χ0) is 14.5. The molecule has 0 radical (unpaired) electrons. The van der Waals surface area contributed by atoms with Gasteiger partial charge in [-0.15, -0.1) is 0 Å². The third-order valence-corrected chi connectivity index (χ3v) is 4.36. The lowest BCUT2D eigenvalue weighted by Gasteiger charge is -2.33. The molecule has 0 amide bonds. The van der Waals surface area contributed by atoms with E-state index in [4.69, 9.17) is 14.2 Å². The van der Waals surface area contributed by atoms with Gasteiger partial charge >= 0.3 is 0 Å². The summed E-state index contributed by atoms with van der Waals surface area (Å²) >= 11 is 0. The van der Waals surface area contributed by atoms with E-state index >= 15 is 0 Å². The highest BCUT2D eigenvalue weighted by molar-refractivity contribution is 5.26. The Labute approximate surface area is 127 Å². The lowest BCUT2D eigenvalue weighted by Crippen LogP contribution is -2.39. The second-order valence-electron chi connectivity index (χ2n) is 5.95. The van der Waals surface area contributed by atoms with Crippen LogP contribution in [-0.4, -0.2) is 50.6 Å². The summed E-state index contributed by atoms with van der Waals surface area (Å²) in [4.78, 5) is 2.47. The van der Waals surface area contributed by atoms with Gasteiger partial charge in [0.25, 0.3) is 0 Å². The van der Waals surface area contributed by atoms with E-state index in [1.54, 1.807) is 0 Å². The highest BCUT2D eigenvalue weighted by Crippen LogP contribution is 2.25. The van der Waals surface area contributed by atoms with Crippen molar-refractivity contribution in [1.82, 2.24) is 4.90 Å². The van der Waals surface area contributed by atoms with Crippen LogP contribution in [0.25, 0.3) is 0 Å². The van der Waals surface area contributed by atoms with Crippen LogP contribution in [0.2, 0.25) is 0 Å². The minimum Gasteiger partial charge on any atom is -0.492 e. The Kier molecular flexibility index (Phi) is 5.12. The number of hydrogen-bond donors (Lipinski definition) is 0. The van der Waals surface area contributed by atoms with E-state index in [-0.39, 0.29) is 6.29 Å². The predicted molar refractivity (Wildman–Crippen MR) is 81.5 cm³/mol. The summed E-state index contributed by atoms with van der Waals surface area (Å²) in [5.41, 5.74) is 1.26. The van der Waals surface area contributed by atoms with Crippen molar-refractivity contribution in [3.8, 4) is 5.75 Å². The zero-order valence-electron chi connectivity index (χ0n) is 12.8. The first kappa shape index (κ1) is 14.8. The van der Waals surface area contributed by atoms with Gasteiger partial charge in [-0.05, 0) is 45.0 Å². The molecule has 0 bridgehead atoms. The molecule has 0 spiro atoms. The molecule has 4 heteroatoms. The van der Waals surface area contributed by atoms with E-state index in [1.165, 1.54) is 5.56 Å². The molecule has 4 nitrogen and oxygen atoms in total. The highest BCUT2D eigenvalue weighted by atomic mass is 16.7. The average molecular weight is 291 g/mol. The Hall–Kier alpha value is -1.10. The number of benzene rings is 1. The van der Waals surface area contributed by atoms with Crippen LogP contribution < -0.4 is 4.74 Å². The highest BCUT2D eigenvalue weighted by Gasteiger charge is 2.30. The standard InChI is InChI=1S/C17H25NO3/c1-14-2-4-16(5-3-14)19-11-10-18-8-6-15(7-9-18)17-20-12-13-21-17/h2-5,15,17H,6-13H2,1H3. The van der Waals surface area contributed by atoms with Crippen LogP contribution in [0.5, 0.6) is 5.75 Å². The summed E-state index contributed by atoms with van der Waals surface area (Å²) in [7, 11) is 0. The van der Waals surface area contributed by atoms with Crippen molar-refractivity contribution < 1.29 is 14.2 Å². The summed E-state index contributed by atoms with van der Waals surface area (Å²) in [5, 5.41) is 0. The van der Waals surface area contributed by atoms with Gasteiger partial charge in [0.15, 0.2) is 6.29 Å². The molecule has 1 aromatic rings. The van der Waals surface area contributed by atoms with Gasteiger partial charge < -0.3 is 14.2 Å². The summed E-state index contributed by atoms with van der Waals surface area (Å²) in [6.45, 7) is 7.59. The number of likely N-dealkylation sites (tertiary alicyclic amines) is 1. The van der Waals surface area contributed by atoms with Crippen molar-refractivity contribution in [1.29, 1.82) is 0 Å². The molecule has 2 saturated heterocycles. The number of hydrogen-bond acceptors (Lipinski definition) is 4. The Balaban J connectivity index is 1.34. The van der Waals surface area contributed by atoms with Gasteiger partial charge in [-0.3, -0.25) is 4.90 Å². The van der Waals surface area contributed by atoms with E-state index in [1.807, 2.05) is 12.1 Å². The van der Waals surface area contributed by atoms with Crippen molar-refractivity contribution in [2.45, 2.75) is 26.1 Å². The first-order valence-electron chi connectivity index (χ1n) is 7.96. The van der Waals surface area contributed by atoms with Crippen LogP contribution in [-0.2, 0) is 9.47 Å². The topological polar surface area (TPSA) is 30.9 Å². The van der Waals surface area contributed by atoms with E-state index in [9.17, 15) is 0 Å². The van der Waals surface area contributed by atoms with Gasteiger partial charge in [0.05, 0.1) is 13.2 Å². The molecule has 2 aliphatic rings. The summed E-state index contributed by atoms with van der Waals surface area (Å²) in [5.74, 6) is 1.53. The van der Waals surface area contributed by atoms with Crippen LogP contribution in [0.1, 0.15) is 18.4 Å². The van der Waals surface area contributed by atoms with E-state index in [0.717, 1.165) is 58.0 Å². The first-order valence-corrected chi connectivity index (χ1v) is 7.96. The molecule has 0 atom stereocenters. The Bertz CT molecular complexity index is 420. The fourth-order valence-electron chi connectivity index (χ4n) is 3.02. The van der Waals surface area contributed by atoms with Gasteiger partial charge in [-0.1, -0.05) is 17.7 Å². The predicted octanol–water partition coefficient (Wildman–Crippen LogP) is 2.46. The molecule has 116 valence electrons. The second kappa shape index (κ2) is 7.25. The summed E-state index contributed by atoms with van der Waals surface area (Å²) in [6, 6.07) is 8.25. The third-order valence-electron chi connectivity index (χ3n) is 4.36. The van der Waals surface area contributed by atoms with Gasteiger partial charge in [0.2, 0.25) is 0 Å². The molecular formula is C17H25NO3. The molecule has 21 heavy (non-hydrogen) atoms. The van der Waals surface area contributed by atoms with Crippen molar-refractivity contribution in [2.75, 3.05) is 39.5 Å². The smallest absolute Gasteiger partial charge is 0.160 e. The molecule has 0 aliphatic carbocycles. The first-order chi connectivity index (χ1) is 10.3. The van der Waals surface area contributed by atoms with Crippen molar-refractivity contribution in [3.05, 3.63) is 29.8 Å². The van der Waals surface area contributed by atoms with Gasteiger partial charge in [-0.2, -0.15) is 0 Å². The van der Waals surface area contributed by atoms with Gasteiger partial charge in [-0.25, -0.2) is 0 Å². The van der Waals surface area contributed by atoms with Crippen LogP contribution in [0.3, 0.4) is 0 Å². The van der Waals surface area contributed by atoms with Crippen LogP contribution >= 0.6 is 0 Å².